The standard InChI is InChI=1S/C23H21FN2O6/c1-32-18-8-2-15(3-9-18)12-13-25(20(27)10-11-22(29)30)19-14-21(28)26(23(19)31)17-6-4-16(24)5-7-17/h2-11,19H,12-14H2,1H3,(H,29,30)/b11-10+/t19-/m1/s1. The van der Waals surface area contributed by atoms with Crippen molar-refractivity contribution in [3.8, 4) is 5.75 Å². The number of rotatable bonds is 8. The Hall–Kier alpha value is -4.01. The summed E-state index contributed by atoms with van der Waals surface area (Å²) in [6.07, 6.45) is 1.65. The number of amides is 3. The molecule has 0 unspecified atom stereocenters. The SMILES string of the molecule is COc1ccc(CCN(C(=O)/C=C/C(=O)O)[C@@H]2CC(=O)N(c3ccc(F)cc3)C2=O)cc1. The number of benzene rings is 2. The quantitative estimate of drug-likeness (QED) is 0.499. The first-order valence-corrected chi connectivity index (χ1v) is 9.77. The average Bonchev–Trinajstić information content (AvgIpc) is 3.07. The zero-order chi connectivity index (χ0) is 23.3. The molecule has 8 nitrogen and oxygen atoms in total. The van der Waals surface area contributed by atoms with Gasteiger partial charge in [0.1, 0.15) is 17.6 Å². The zero-order valence-electron chi connectivity index (χ0n) is 17.2. The molecule has 1 fully saturated rings. The van der Waals surface area contributed by atoms with Crippen molar-refractivity contribution >= 4 is 29.4 Å². The molecule has 1 saturated heterocycles. The number of carbonyl (C=O) groups excluding carboxylic acids is 3. The lowest BCUT2D eigenvalue weighted by Gasteiger charge is -2.26. The number of carbonyl (C=O) groups is 4. The number of methoxy groups -OCH3 is 1. The summed E-state index contributed by atoms with van der Waals surface area (Å²) in [6, 6.07) is 10.9. The van der Waals surface area contributed by atoms with Crippen LogP contribution in [0.25, 0.3) is 0 Å². The smallest absolute Gasteiger partial charge is 0.328 e. The predicted molar refractivity (Wildman–Crippen MR) is 112 cm³/mol. The summed E-state index contributed by atoms with van der Waals surface area (Å²) in [5.41, 5.74) is 1.06. The van der Waals surface area contributed by atoms with Gasteiger partial charge in [0.25, 0.3) is 5.91 Å². The van der Waals surface area contributed by atoms with Gasteiger partial charge in [0.15, 0.2) is 0 Å². The number of carboxylic acid groups (broad SMARTS) is 1. The van der Waals surface area contributed by atoms with Crippen LogP contribution < -0.4 is 9.64 Å². The predicted octanol–water partition coefficient (Wildman–Crippen LogP) is 2.18. The fourth-order valence-electron chi connectivity index (χ4n) is 3.42. The minimum atomic E-state index is -1.31. The van der Waals surface area contributed by atoms with Crippen LogP contribution >= 0.6 is 0 Å². The molecule has 3 amide bonds. The van der Waals surface area contributed by atoms with E-state index in [2.05, 4.69) is 0 Å². The Labute approximate surface area is 183 Å². The number of anilines is 1. The van der Waals surface area contributed by atoms with Crippen LogP contribution in [0, 0.1) is 5.82 Å². The van der Waals surface area contributed by atoms with Gasteiger partial charge in [0.2, 0.25) is 11.8 Å². The van der Waals surface area contributed by atoms with Gasteiger partial charge in [0, 0.05) is 18.7 Å². The summed E-state index contributed by atoms with van der Waals surface area (Å²) in [4.78, 5) is 51.3. The van der Waals surface area contributed by atoms with E-state index < -0.39 is 35.5 Å². The van der Waals surface area contributed by atoms with Crippen molar-refractivity contribution in [2.45, 2.75) is 18.9 Å². The third kappa shape index (κ3) is 5.18. The maximum Gasteiger partial charge on any atom is 0.328 e. The largest absolute Gasteiger partial charge is 0.497 e. The minimum absolute atomic E-state index is 0.0794. The summed E-state index contributed by atoms with van der Waals surface area (Å²) >= 11 is 0. The lowest BCUT2D eigenvalue weighted by atomic mass is 10.1. The van der Waals surface area contributed by atoms with E-state index in [0.29, 0.717) is 18.2 Å². The highest BCUT2D eigenvalue weighted by atomic mass is 19.1. The van der Waals surface area contributed by atoms with Crippen molar-refractivity contribution in [3.63, 3.8) is 0 Å². The molecule has 1 heterocycles. The molecule has 1 N–H and O–H groups in total. The van der Waals surface area contributed by atoms with Crippen molar-refractivity contribution in [3.05, 3.63) is 72.1 Å². The lowest BCUT2D eigenvalue weighted by Crippen LogP contribution is -2.46. The molecule has 2 aromatic carbocycles. The van der Waals surface area contributed by atoms with Crippen LogP contribution in [0.1, 0.15) is 12.0 Å². The van der Waals surface area contributed by atoms with Crippen molar-refractivity contribution in [2.75, 3.05) is 18.6 Å². The first-order chi connectivity index (χ1) is 15.3. The van der Waals surface area contributed by atoms with E-state index in [1.165, 1.54) is 17.0 Å². The van der Waals surface area contributed by atoms with Crippen LogP contribution in [0.4, 0.5) is 10.1 Å². The van der Waals surface area contributed by atoms with Gasteiger partial charge in [-0.25, -0.2) is 14.1 Å². The number of hydrogen-bond acceptors (Lipinski definition) is 5. The van der Waals surface area contributed by atoms with Crippen LogP contribution in [-0.2, 0) is 25.6 Å². The summed E-state index contributed by atoms with van der Waals surface area (Å²) < 4.78 is 18.3. The molecule has 9 heteroatoms. The minimum Gasteiger partial charge on any atom is -0.497 e. The monoisotopic (exact) mass is 440 g/mol. The normalized spacial score (nSPS) is 15.9. The number of halogens is 1. The molecule has 1 atom stereocenters. The molecule has 2 aromatic rings. The van der Waals surface area contributed by atoms with Gasteiger partial charge in [-0.05, 0) is 48.4 Å². The highest BCUT2D eigenvalue weighted by Crippen LogP contribution is 2.26. The van der Waals surface area contributed by atoms with Crippen LogP contribution in [0.15, 0.2) is 60.7 Å². The number of nitrogens with zero attached hydrogens (tertiary/aromatic N) is 2. The highest BCUT2D eigenvalue weighted by Gasteiger charge is 2.43. The second-order valence-electron chi connectivity index (χ2n) is 7.07. The molecule has 1 aliphatic rings. The Balaban J connectivity index is 1.83. The Kier molecular flexibility index (Phi) is 6.99. The fraction of sp³-hybridized carbons (Fsp3) is 0.217. The summed E-state index contributed by atoms with van der Waals surface area (Å²) in [5, 5.41) is 8.84. The van der Waals surface area contributed by atoms with E-state index in [1.54, 1.807) is 31.4 Å². The maximum absolute atomic E-state index is 13.2. The molecule has 1 aliphatic heterocycles. The van der Waals surface area contributed by atoms with Gasteiger partial charge in [-0.2, -0.15) is 0 Å². The van der Waals surface area contributed by atoms with Gasteiger partial charge in [-0.3, -0.25) is 14.4 Å². The van der Waals surface area contributed by atoms with Crippen LogP contribution in [0.2, 0.25) is 0 Å². The zero-order valence-corrected chi connectivity index (χ0v) is 17.2. The Morgan fingerprint density at radius 3 is 2.38 bits per heavy atom. The van der Waals surface area contributed by atoms with E-state index >= 15 is 0 Å². The molecule has 0 spiro atoms. The van der Waals surface area contributed by atoms with Crippen molar-refractivity contribution < 1.29 is 33.4 Å². The Morgan fingerprint density at radius 2 is 1.78 bits per heavy atom. The maximum atomic E-state index is 13.2. The van der Waals surface area contributed by atoms with Crippen molar-refractivity contribution in [1.82, 2.24) is 4.90 Å². The van der Waals surface area contributed by atoms with Crippen LogP contribution in [0.3, 0.4) is 0 Å². The van der Waals surface area contributed by atoms with Gasteiger partial charge in [0.05, 0.1) is 19.2 Å². The molecule has 0 aromatic heterocycles. The first-order valence-electron chi connectivity index (χ1n) is 9.77. The van der Waals surface area contributed by atoms with E-state index in [0.717, 1.165) is 28.7 Å². The van der Waals surface area contributed by atoms with E-state index in [9.17, 15) is 23.6 Å². The second-order valence-corrected chi connectivity index (χ2v) is 7.07. The molecule has 166 valence electrons. The lowest BCUT2D eigenvalue weighted by molar-refractivity contribution is -0.135. The van der Waals surface area contributed by atoms with E-state index in [4.69, 9.17) is 9.84 Å². The molecular weight excluding hydrogens is 419 g/mol. The summed E-state index contributed by atoms with van der Waals surface area (Å²) in [6.45, 7) is 0.0794. The van der Waals surface area contributed by atoms with Crippen LogP contribution in [0.5, 0.6) is 5.75 Å². The van der Waals surface area contributed by atoms with E-state index in [-0.39, 0.29) is 18.7 Å². The molecule has 0 bridgehead atoms. The number of hydrogen-bond donors (Lipinski definition) is 1. The van der Waals surface area contributed by atoms with Gasteiger partial charge in [-0.1, -0.05) is 12.1 Å². The molecule has 0 aliphatic carbocycles. The third-order valence-corrected chi connectivity index (χ3v) is 5.04. The van der Waals surface area contributed by atoms with Gasteiger partial charge < -0.3 is 14.7 Å². The van der Waals surface area contributed by atoms with Crippen molar-refractivity contribution in [1.29, 1.82) is 0 Å². The molecule has 0 saturated carbocycles. The fourth-order valence-corrected chi connectivity index (χ4v) is 3.42. The Morgan fingerprint density at radius 1 is 1.12 bits per heavy atom. The summed E-state index contributed by atoms with van der Waals surface area (Å²) in [5.74, 6) is -3.02. The molecule has 0 radical (unpaired) electrons. The third-order valence-electron chi connectivity index (χ3n) is 5.04. The molecule has 3 rings (SSSR count). The first kappa shape index (κ1) is 22.7. The molecule has 32 heavy (non-hydrogen) atoms. The Bertz CT molecular complexity index is 1050. The number of ether oxygens (including phenoxy) is 1. The van der Waals surface area contributed by atoms with E-state index in [1.807, 2.05) is 0 Å². The van der Waals surface area contributed by atoms with Gasteiger partial charge >= 0.3 is 5.97 Å². The number of imide groups is 1. The number of carboxylic acids is 1. The number of aliphatic carboxylic acids is 1. The highest BCUT2D eigenvalue weighted by molar-refractivity contribution is 6.23. The summed E-state index contributed by atoms with van der Waals surface area (Å²) in [7, 11) is 1.54. The van der Waals surface area contributed by atoms with Gasteiger partial charge in [-0.15, -0.1) is 0 Å². The molecular formula is C23H21FN2O6. The average molecular weight is 440 g/mol. The topological polar surface area (TPSA) is 104 Å². The second kappa shape index (κ2) is 9.86. The van der Waals surface area contributed by atoms with Crippen LogP contribution in [-0.4, -0.2) is 53.4 Å². The van der Waals surface area contributed by atoms with Crippen molar-refractivity contribution in [2.24, 2.45) is 0 Å².